The number of methoxy groups -OCH3 is 1. The molecule has 0 amide bonds. The van der Waals surface area contributed by atoms with Gasteiger partial charge in [0.15, 0.2) is 0 Å². The highest BCUT2D eigenvalue weighted by molar-refractivity contribution is 7.86. The van der Waals surface area contributed by atoms with Gasteiger partial charge in [-0.15, -0.1) is 0 Å². The third-order valence-electron chi connectivity index (χ3n) is 5.78. The van der Waals surface area contributed by atoms with E-state index in [4.69, 9.17) is 21.7 Å². The Labute approximate surface area is 194 Å². The molecule has 176 valence electrons. The number of morpholine rings is 1. The van der Waals surface area contributed by atoms with Crippen molar-refractivity contribution in [2.24, 2.45) is 0 Å². The monoisotopic (exact) mass is 482 g/mol. The predicted octanol–water partition coefficient (Wildman–Crippen LogP) is 1.34. The van der Waals surface area contributed by atoms with Crippen LogP contribution in [-0.4, -0.2) is 94.9 Å². The first-order valence-electron chi connectivity index (χ1n) is 10.7. The van der Waals surface area contributed by atoms with E-state index < -0.39 is 10.2 Å². The minimum atomic E-state index is -3.50. The van der Waals surface area contributed by atoms with Crippen molar-refractivity contribution >= 4 is 22.4 Å². The fourth-order valence-electron chi connectivity index (χ4n) is 4.20. The summed E-state index contributed by atoms with van der Waals surface area (Å²) in [5.41, 5.74) is 0.830. The lowest BCUT2D eigenvalue weighted by molar-refractivity contribution is -0.0458. The number of hydrogen-bond donors (Lipinski definition) is 0. The quantitative estimate of drug-likeness (QED) is 0.575. The number of aromatic nitrogens is 3. The third kappa shape index (κ3) is 4.75. The Bertz CT molecular complexity index is 1080. The number of ether oxygens (including phenoxy) is 2. The lowest BCUT2D eigenvalue weighted by Gasteiger charge is -2.40. The van der Waals surface area contributed by atoms with Gasteiger partial charge in [-0.2, -0.15) is 22.1 Å². The molecule has 2 saturated heterocycles. The van der Waals surface area contributed by atoms with Gasteiger partial charge in [0.05, 0.1) is 31.7 Å². The minimum absolute atomic E-state index is 0.102. The summed E-state index contributed by atoms with van der Waals surface area (Å²) < 4.78 is 44.5. The molecule has 3 heterocycles. The normalized spacial score (nSPS) is 24.0. The molecule has 2 atom stereocenters. The largest absolute Gasteiger partial charge is 0.495 e. The molecule has 2 aromatic rings. The molecule has 0 spiro atoms. The van der Waals surface area contributed by atoms with E-state index in [0.29, 0.717) is 56.5 Å². The first kappa shape index (κ1) is 23.3. The van der Waals surface area contributed by atoms with Crippen molar-refractivity contribution in [3.05, 3.63) is 35.4 Å². The summed E-state index contributed by atoms with van der Waals surface area (Å²) in [5.74, 6) is 0.716. The fourth-order valence-corrected chi connectivity index (χ4v) is 6.20. The summed E-state index contributed by atoms with van der Waals surface area (Å²) in [7, 11) is -1.87. The Morgan fingerprint density at radius 1 is 1.09 bits per heavy atom. The molecule has 0 N–H and O–H groups in total. The first-order chi connectivity index (χ1) is 15.3. The molecule has 0 radical (unpaired) electrons. The van der Waals surface area contributed by atoms with Gasteiger partial charge >= 0.3 is 0 Å². The maximum absolute atomic E-state index is 13.1. The summed E-state index contributed by atoms with van der Waals surface area (Å²) in [6, 6.07) is 7.64. The van der Waals surface area contributed by atoms with E-state index in [0.717, 1.165) is 5.69 Å². The van der Waals surface area contributed by atoms with Gasteiger partial charge in [0, 0.05) is 39.3 Å². The molecule has 2 fully saturated rings. The fraction of sp³-hybridized carbons (Fsp3) is 0.600. The Morgan fingerprint density at radius 2 is 1.75 bits per heavy atom. The first-order valence-corrected chi connectivity index (χ1v) is 12.5. The van der Waals surface area contributed by atoms with Crippen LogP contribution in [0.1, 0.15) is 13.8 Å². The molecule has 0 aliphatic carbocycles. The molecule has 0 bridgehead atoms. The minimum Gasteiger partial charge on any atom is -0.495 e. The summed E-state index contributed by atoms with van der Waals surface area (Å²) in [5, 5.41) is 4.44. The predicted molar refractivity (Wildman–Crippen MR) is 123 cm³/mol. The number of benzene rings is 1. The average Bonchev–Trinajstić information content (AvgIpc) is 3.13. The molecule has 2 aliphatic heterocycles. The lowest BCUT2D eigenvalue weighted by atomic mass is 10.3. The molecule has 1 aromatic carbocycles. The Kier molecular flexibility index (Phi) is 6.98. The van der Waals surface area contributed by atoms with Crippen LogP contribution in [0.4, 0.5) is 0 Å². The number of rotatable bonds is 6. The molecule has 2 aliphatic rings. The van der Waals surface area contributed by atoms with Crippen molar-refractivity contribution in [2.45, 2.75) is 32.7 Å². The number of para-hydroxylation sites is 2. The second-order valence-electron chi connectivity index (χ2n) is 8.20. The maximum atomic E-state index is 13.1. The standard InChI is InChI=1S/C20H30N6O4S2/c1-16-12-24(13-17(2)30-16)32(27,28)23-10-8-22(9-11-23)15-26-20(31)25(14-21-26)18-6-4-5-7-19(18)29-3/h4-7,14,16-17H,8-13,15H2,1-3H3. The van der Waals surface area contributed by atoms with E-state index >= 15 is 0 Å². The highest BCUT2D eigenvalue weighted by Gasteiger charge is 2.36. The second-order valence-corrected chi connectivity index (χ2v) is 10.5. The summed E-state index contributed by atoms with van der Waals surface area (Å²) >= 11 is 5.63. The zero-order valence-electron chi connectivity index (χ0n) is 18.6. The van der Waals surface area contributed by atoms with E-state index in [1.165, 1.54) is 0 Å². The highest BCUT2D eigenvalue weighted by atomic mass is 32.2. The summed E-state index contributed by atoms with van der Waals surface area (Å²) in [6.07, 6.45) is 1.48. The maximum Gasteiger partial charge on any atom is 0.282 e. The molecule has 4 rings (SSSR count). The van der Waals surface area contributed by atoms with E-state index in [1.54, 1.807) is 26.7 Å². The van der Waals surface area contributed by atoms with Crippen LogP contribution >= 0.6 is 12.2 Å². The van der Waals surface area contributed by atoms with Gasteiger partial charge in [-0.1, -0.05) is 12.1 Å². The van der Waals surface area contributed by atoms with Crippen molar-refractivity contribution < 1.29 is 17.9 Å². The van der Waals surface area contributed by atoms with E-state index in [1.807, 2.05) is 42.7 Å². The van der Waals surface area contributed by atoms with Crippen LogP contribution in [0.25, 0.3) is 5.69 Å². The molecule has 10 nitrogen and oxygen atoms in total. The molecule has 2 unspecified atom stereocenters. The SMILES string of the molecule is COc1ccccc1-n1cnn(CN2CCN(S(=O)(=O)N3CC(C)OC(C)C3)CC2)c1=S. The highest BCUT2D eigenvalue weighted by Crippen LogP contribution is 2.23. The van der Waals surface area contributed by atoms with Crippen molar-refractivity contribution in [1.29, 1.82) is 0 Å². The van der Waals surface area contributed by atoms with Gasteiger partial charge in [0.25, 0.3) is 10.2 Å². The van der Waals surface area contributed by atoms with Gasteiger partial charge in [-0.25, -0.2) is 4.68 Å². The third-order valence-corrected chi connectivity index (χ3v) is 8.16. The van der Waals surface area contributed by atoms with Crippen molar-refractivity contribution in [1.82, 2.24) is 27.9 Å². The molecule has 32 heavy (non-hydrogen) atoms. The van der Waals surface area contributed by atoms with Crippen LogP contribution in [0.5, 0.6) is 5.75 Å². The van der Waals surface area contributed by atoms with Crippen LogP contribution < -0.4 is 4.74 Å². The molecular formula is C20H30N6O4S2. The van der Waals surface area contributed by atoms with Crippen LogP contribution in [0.2, 0.25) is 0 Å². The van der Waals surface area contributed by atoms with E-state index in [-0.39, 0.29) is 12.2 Å². The van der Waals surface area contributed by atoms with Gasteiger partial charge < -0.3 is 9.47 Å². The number of nitrogens with zero attached hydrogens (tertiary/aromatic N) is 6. The zero-order chi connectivity index (χ0) is 22.9. The lowest BCUT2D eigenvalue weighted by Crippen LogP contribution is -2.57. The van der Waals surface area contributed by atoms with Crippen LogP contribution in [0.3, 0.4) is 0 Å². The van der Waals surface area contributed by atoms with Crippen LogP contribution in [0, 0.1) is 4.77 Å². The van der Waals surface area contributed by atoms with E-state index in [9.17, 15) is 8.42 Å². The number of hydrogen-bond acceptors (Lipinski definition) is 7. The second kappa shape index (κ2) is 9.57. The van der Waals surface area contributed by atoms with Gasteiger partial charge in [0.2, 0.25) is 4.77 Å². The summed E-state index contributed by atoms with van der Waals surface area (Å²) in [4.78, 5) is 2.16. The Morgan fingerprint density at radius 3 is 2.41 bits per heavy atom. The summed E-state index contributed by atoms with van der Waals surface area (Å²) in [6.45, 7) is 7.18. The van der Waals surface area contributed by atoms with Crippen LogP contribution in [0.15, 0.2) is 30.6 Å². The van der Waals surface area contributed by atoms with Crippen molar-refractivity contribution in [2.75, 3.05) is 46.4 Å². The Hall–Kier alpha value is -1.83. The smallest absolute Gasteiger partial charge is 0.282 e. The van der Waals surface area contributed by atoms with Gasteiger partial charge in [-0.05, 0) is 38.2 Å². The van der Waals surface area contributed by atoms with E-state index in [2.05, 4.69) is 10.00 Å². The molecule has 12 heteroatoms. The van der Waals surface area contributed by atoms with Crippen LogP contribution in [-0.2, 0) is 21.6 Å². The zero-order valence-corrected chi connectivity index (χ0v) is 20.3. The van der Waals surface area contributed by atoms with Crippen molar-refractivity contribution in [3.63, 3.8) is 0 Å². The average molecular weight is 483 g/mol. The molecule has 1 aromatic heterocycles. The van der Waals surface area contributed by atoms with Gasteiger partial charge in [0.1, 0.15) is 12.1 Å². The Balaban J connectivity index is 1.40. The van der Waals surface area contributed by atoms with Crippen molar-refractivity contribution in [3.8, 4) is 11.4 Å². The molecule has 0 saturated carbocycles. The molecular weight excluding hydrogens is 452 g/mol. The topological polar surface area (TPSA) is 85.1 Å². The van der Waals surface area contributed by atoms with Gasteiger partial charge in [-0.3, -0.25) is 9.47 Å². The number of piperazine rings is 1.